The summed E-state index contributed by atoms with van der Waals surface area (Å²) in [7, 11) is -3.69. The molecule has 3 rings (SSSR count). The Bertz CT molecular complexity index is 797. The zero-order valence-electron chi connectivity index (χ0n) is 13.0. The first-order chi connectivity index (χ1) is 11.0. The summed E-state index contributed by atoms with van der Waals surface area (Å²) in [5, 5.41) is 0. The molecule has 0 unspecified atom stereocenters. The molecule has 0 spiro atoms. The van der Waals surface area contributed by atoms with Gasteiger partial charge in [-0.25, -0.2) is 13.1 Å². The molecule has 0 fully saturated rings. The van der Waals surface area contributed by atoms with Crippen molar-refractivity contribution in [1.29, 1.82) is 0 Å². The molecule has 1 aromatic heterocycles. The van der Waals surface area contributed by atoms with E-state index in [1.807, 2.05) is 6.92 Å². The monoisotopic (exact) mass is 337 g/mol. The maximum atomic E-state index is 12.5. The Hall–Kier alpha value is -1.99. The summed E-state index contributed by atoms with van der Waals surface area (Å²) < 4.78 is 44.2. The standard InChI is InChI=1S/C16H19NO5S/c1-11-4-6-14(22-11)12(2)17-23(18,19)13-5-7-15-16(10-13)21-9-3-8-20-15/h4-7,10,12,17H,3,8-9H2,1-2H3/t12-/m1/s1. The first kappa shape index (κ1) is 15.9. The van der Waals surface area contributed by atoms with Crippen molar-refractivity contribution < 1.29 is 22.3 Å². The van der Waals surface area contributed by atoms with Gasteiger partial charge in [0.05, 0.1) is 24.2 Å². The Morgan fingerprint density at radius 2 is 1.83 bits per heavy atom. The summed E-state index contributed by atoms with van der Waals surface area (Å²) in [5.41, 5.74) is 0. The van der Waals surface area contributed by atoms with Crippen LogP contribution in [0.25, 0.3) is 0 Å². The number of furan rings is 1. The van der Waals surface area contributed by atoms with Gasteiger partial charge in [-0.15, -0.1) is 0 Å². The van der Waals surface area contributed by atoms with E-state index in [-0.39, 0.29) is 4.90 Å². The van der Waals surface area contributed by atoms with Gasteiger partial charge in [-0.05, 0) is 38.1 Å². The molecule has 0 aliphatic carbocycles. The maximum absolute atomic E-state index is 12.5. The van der Waals surface area contributed by atoms with Gasteiger partial charge in [-0.1, -0.05) is 0 Å². The molecule has 0 radical (unpaired) electrons. The van der Waals surface area contributed by atoms with Gasteiger partial charge >= 0.3 is 0 Å². The molecule has 1 aliphatic rings. The number of benzene rings is 1. The number of rotatable bonds is 4. The molecule has 2 heterocycles. The lowest BCUT2D eigenvalue weighted by Gasteiger charge is -2.14. The Morgan fingerprint density at radius 1 is 1.09 bits per heavy atom. The number of nitrogens with one attached hydrogen (secondary N) is 1. The van der Waals surface area contributed by atoms with Crippen LogP contribution in [-0.2, 0) is 10.0 Å². The molecular formula is C16H19NO5S. The minimum atomic E-state index is -3.69. The molecule has 6 nitrogen and oxygen atoms in total. The zero-order valence-corrected chi connectivity index (χ0v) is 13.9. The topological polar surface area (TPSA) is 77.8 Å². The highest BCUT2D eigenvalue weighted by Gasteiger charge is 2.22. The molecule has 1 atom stereocenters. The number of aryl methyl sites for hydroxylation is 1. The minimum Gasteiger partial charge on any atom is -0.490 e. The van der Waals surface area contributed by atoms with E-state index in [1.165, 1.54) is 12.1 Å². The van der Waals surface area contributed by atoms with Crippen LogP contribution in [0.4, 0.5) is 0 Å². The summed E-state index contributed by atoms with van der Waals surface area (Å²) in [5.74, 6) is 2.32. The number of hydrogen-bond acceptors (Lipinski definition) is 5. The van der Waals surface area contributed by atoms with Crippen molar-refractivity contribution in [2.24, 2.45) is 0 Å². The third-order valence-electron chi connectivity index (χ3n) is 3.55. The third-order valence-corrected chi connectivity index (χ3v) is 5.09. The molecule has 1 aromatic carbocycles. The lowest BCUT2D eigenvalue weighted by molar-refractivity contribution is 0.297. The predicted molar refractivity (Wildman–Crippen MR) is 84.2 cm³/mol. The van der Waals surface area contributed by atoms with E-state index < -0.39 is 16.1 Å². The fourth-order valence-corrected chi connectivity index (χ4v) is 3.58. The largest absolute Gasteiger partial charge is 0.490 e. The number of ether oxygens (including phenoxy) is 2. The second kappa shape index (κ2) is 6.25. The molecule has 2 aromatic rings. The van der Waals surface area contributed by atoms with Gasteiger partial charge in [0, 0.05) is 12.5 Å². The average Bonchev–Trinajstić information content (AvgIpc) is 2.81. The molecule has 7 heteroatoms. The number of sulfonamides is 1. The average molecular weight is 337 g/mol. The van der Waals surface area contributed by atoms with Crippen LogP contribution >= 0.6 is 0 Å². The van der Waals surface area contributed by atoms with E-state index in [2.05, 4.69) is 4.72 Å². The van der Waals surface area contributed by atoms with E-state index in [4.69, 9.17) is 13.9 Å². The molecule has 0 saturated carbocycles. The predicted octanol–water partition coefficient (Wildman–Crippen LogP) is 2.79. The molecule has 1 N–H and O–H groups in total. The highest BCUT2D eigenvalue weighted by molar-refractivity contribution is 7.89. The third kappa shape index (κ3) is 3.51. The van der Waals surface area contributed by atoms with Crippen LogP contribution < -0.4 is 14.2 Å². The lowest BCUT2D eigenvalue weighted by atomic mass is 10.3. The lowest BCUT2D eigenvalue weighted by Crippen LogP contribution is -2.26. The van der Waals surface area contributed by atoms with E-state index in [0.29, 0.717) is 30.5 Å². The number of fused-ring (bicyclic) bond motifs is 1. The van der Waals surface area contributed by atoms with Crippen molar-refractivity contribution in [2.45, 2.75) is 31.2 Å². The van der Waals surface area contributed by atoms with Crippen molar-refractivity contribution >= 4 is 10.0 Å². The molecular weight excluding hydrogens is 318 g/mol. The molecule has 124 valence electrons. The van der Waals surface area contributed by atoms with Gasteiger partial charge in [0.1, 0.15) is 11.5 Å². The molecule has 23 heavy (non-hydrogen) atoms. The van der Waals surface area contributed by atoms with E-state index in [0.717, 1.165) is 12.2 Å². The van der Waals surface area contributed by atoms with Crippen LogP contribution in [0.2, 0.25) is 0 Å². The van der Waals surface area contributed by atoms with Gasteiger partial charge in [0.15, 0.2) is 11.5 Å². The van der Waals surface area contributed by atoms with E-state index in [9.17, 15) is 8.42 Å². The van der Waals surface area contributed by atoms with Crippen molar-refractivity contribution in [3.8, 4) is 11.5 Å². The van der Waals surface area contributed by atoms with Crippen LogP contribution in [0.5, 0.6) is 11.5 Å². The molecule has 0 bridgehead atoms. The summed E-state index contributed by atoms with van der Waals surface area (Å²) in [4.78, 5) is 0.136. The Kier molecular flexibility index (Phi) is 4.32. The van der Waals surface area contributed by atoms with Gasteiger partial charge < -0.3 is 13.9 Å². The second-order valence-corrected chi connectivity index (χ2v) is 7.16. The highest BCUT2D eigenvalue weighted by atomic mass is 32.2. The minimum absolute atomic E-state index is 0.136. The summed E-state index contributed by atoms with van der Waals surface area (Å²) in [6.45, 7) is 4.62. The normalized spacial score (nSPS) is 15.9. The Morgan fingerprint density at radius 3 is 2.52 bits per heavy atom. The van der Waals surface area contributed by atoms with Crippen LogP contribution in [-0.4, -0.2) is 21.6 Å². The fraction of sp³-hybridized carbons (Fsp3) is 0.375. The van der Waals surface area contributed by atoms with Crippen LogP contribution in [0.15, 0.2) is 39.6 Å². The molecule has 0 amide bonds. The smallest absolute Gasteiger partial charge is 0.241 e. The van der Waals surface area contributed by atoms with Crippen LogP contribution in [0.1, 0.15) is 30.9 Å². The van der Waals surface area contributed by atoms with Gasteiger partial charge in [-0.3, -0.25) is 0 Å². The molecule has 1 aliphatic heterocycles. The maximum Gasteiger partial charge on any atom is 0.241 e. The Balaban J connectivity index is 1.83. The summed E-state index contributed by atoms with van der Waals surface area (Å²) in [6.07, 6.45) is 0.768. The summed E-state index contributed by atoms with van der Waals surface area (Å²) in [6, 6.07) is 7.71. The van der Waals surface area contributed by atoms with Crippen molar-refractivity contribution in [3.63, 3.8) is 0 Å². The van der Waals surface area contributed by atoms with Gasteiger partial charge in [0.2, 0.25) is 10.0 Å². The SMILES string of the molecule is Cc1ccc([C@@H](C)NS(=O)(=O)c2ccc3c(c2)OCCCO3)o1. The first-order valence-electron chi connectivity index (χ1n) is 7.44. The van der Waals surface area contributed by atoms with Crippen molar-refractivity contribution in [2.75, 3.05) is 13.2 Å². The zero-order chi connectivity index (χ0) is 16.4. The quantitative estimate of drug-likeness (QED) is 0.928. The second-order valence-electron chi connectivity index (χ2n) is 5.45. The summed E-state index contributed by atoms with van der Waals surface area (Å²) >= 11 is 0. The van der Waals surface area contributed by atoms with Crippen LogP contribution in [0, 0.1) is 6.92 Å². The first-order valence-corrected chi connectivity index (χ1v) is 8.92. The highest BCUT2D eigenvalue weighted by Crippen LogP contribution is 2.32. The van der Waals surface area contributed by atoms with E-state index >= 15 is 0 Å². The Labute approximate surface area is 135 Å². The van der Waals surface area contributed by atoms with Gasteiger partial charge in [0.25, 0.3) is 0 Å². The van der Waals surface area contributed by atoms with Crippen LogP contribution in [0.3, 0.4) is 0 Å². The molecule has 0 saturated heterocycles. The van der Waals surface area contributed by atoms with E-state index in [1.54, 1.807) is 25.1 Å². The van der Waals surface area contributed by atoms with Gasteiger partial charge in [-0.2, -0.15) is 0 Å². The number of hydrogen-bond donors (Lipinski definition) is 1. The van der Waals surface area contributed by atoms with Crippen molar-refractivity contribution in [1.82, 2.24) is 4.72 Å². The fourth-order valence-electron chi connectivity index (χ4n) is 2.36. The van der Waals surface area contributed by atoms with Crippen molar-refractivity contribution in [3.05, 3.63) is 41.9 Å².